The van der Waals surface area contributed by atoms with E-state index in [0.29, 0.717) is 17.7 Å². The Morgan fingerprint density at radius 1 is 1.38 bits per heavy atom. The Kier molecular flexibility index (Phi) is 4.17. The third kappa shape index (κ3) is 3.39. The monoisotopic (exact) mass is 306 g/mol. The van der Waals surface area contributed by atoms with Crippen LogP contribution in [0.15, 0.2) is 22.7 Å². The summed E-state index contributed by atoms with van der Waals surface area (Å²) in [7, 11) is 0. The molecule has 2 aromatic rings. The van der Waals surface area contributed by atoms with Gasteiger partial charge in [0.15, 0.2) is 0 Å². The number of rotatable bonds is 6. The first-order valence-electron chi connectivity index (χ1n) is 7.20. The van der Waals surface area contributed by atoms with Crippen LogP contribution < -0.4 is 10.1 Å². The van der Waals surface area contributed by atoms with Gasteiger partial charge in [0.25, 0.3) is 0 Å². The summed E-state index contributed by atoms with van der Waals surface area (Å²) >= 11 is 6.29. The fraction of sp³-hybridized carbons (Fsp3) is 0.438. The topological polar surface area (TPSA) is 47.3 Å². The van der Waals surface area contributed by atoms with E-state index in [9.17, 15) is 0 Å². The van der Waals surface area contributed by atoms with E-state index >= 15 is 0 Å². The van der Waals surface area contributed by atoms with Crippen molar-refractivity contribution in [3.8, 4) is 5.75 Å². The molecule has 1 N–H and O–H groups in total. The fourth-order valence-corrected chi connectivity index (χ4v) is 2.50. The lowest BCUT2D eigenvalue weighted by atomic mass is 10.2. The normalized spacial score (nSPS) is 14.4. The molecule has 1 heterocycles. The van der Waals surface area contributed by atoms with Gasteiger partial charge in [0, 0.05) is 18.2 Å². The Morgan fingerprint density at radius 2 is 2.19 bits per heavy atom. The van der Waals surface area contributed by atoms with E-state index < -0.39 is 0 Å². The Bertz CT molecular complexity index is 616. The van der Waals surface area contributed by atoms with Crippen LogP contribution in [0.5, 0.6) is 5.75 Å². The molecule has 112 valence electrons. The van der Waals surface area contributed by atoms with Crippen molar-refractivity contribution in [2.45, 2.75) is 45.9 Å². The Hall–Kier alpha value is -1.52. The highest BCUT2D eigenvalue weighted by molar-refractivity contribution is 6.32. The molecule has 5 heteroatoms. The summed E-state index contributed by atoms with van der Waals surface area (Å²) < 4.78 is 11.1. The predicted molar refractivity (Wildman–Crippen MR) is 81.6 cm³/mol. The van der Waals surface area contributed by atoms with Crippen LogP contribution in [-0.2, 0) is 13.2 Å². The quantitative estimate of drug-likeness (QED) is 0.882. The van der Waals surface area contributed by atoms with Gasteiger partial charge >= 0.3 is 0 Å². The standard InChI is InChI=1S/C16H19ClN2O2/c1-10-14(11(2)21-19-10)9-20-16-12(4-3-5-15(16)17)8-18-13-6-7-13/h3-5,13,18H,6-9H2,1-2H3. The first kappa shape index (κ1) is 14.4. The Balaban J connectivity index is 1.73. The van der Waals surface area contributed by atoms with Crippen molar-refractivity contribution in [2.75, 3.05) is 0 Å². The number of aromatic nitrogens is 1. The van der Waals surface area contributed by atoms with E-state index in [2.05, 4.69) is 10.5 Å². The van der Waals surface area contributed by atoms with Crippen molar-refractivity contribution in [2.24, 2.45) is 0 Å². The van der Waals surface area contributed by atoms with E-state index in [1.807, 2.05) is 32.0 Å². The van der Waals surface area contributed by atoms with Crippen molar-refractivity contribution >= 4 is 11.6 Å². The van der Waals surface area contributed by atoms with Gasteiger partial charge in [0.1, 0.15) is 18.1 Å². The smallest absolute Gasteiger partial charge is 0.142 e. The highest BCUT2D eigenvalue weighted by Gasteiger charge is 2.21. The summed E-state index contributed by atoms with van der Waals surface area (Å²) in [6, 6.07) is 6.50. The zero-order chi connectivity index (χ0) is 14.8. The number of ether oxygens (including phenoxy) is 1. The van der Waals surface area contributed by atoms with Gasteiger partial charge in [-0.25, -0.2) is 0 Å². The molecule has 1 fully saturated rings. The summed E-state index contributed by atoms with van der Waals surface area (Å²) in [4.78, 5) is 0. The van der Waals surface area contributed by atoms with Crippen molar-refractivity contribution in [1.29, 1.82) is 0 Å². The maximum absolute atomic E-state index is 6.29. The second-order valence-corrected chi connectivity index (χ2v) is 5.88. The van der Waals surface area contributed by atoms with Crippen LogP contribution in [0.3, 0.4) is 0 Å². The fourth-order valence-electron chi connectivity index (χ4n) is 2.25. The lowest BCUT2D eigenvalue weighted by molar-refractivity contribution is 0.298. The number of hydrogen-bond donors (Lipinski definition) is 1. The molecule has 0 atom stereocenters. The van der Waals surface area contributed by atoms with Gasteiger partial charge in [-0.2, -0.15) is 0 Å². The maximum atomic E-state index is 6.29. The van der Waals surface area contributed by atoms with Crippen LogP contribution in [-0.4, -0.2) is 11.2 Å². The second-order valence-electron chi connectivity index (χ2n) is 5.47. The highest BCUT2D eigenvalue weighted by Crippen LogP contribution is 2.31. The van der Waals surface area contributed by atoms with E-state index in [1.54, 1.807) is 0 Å². The average Bonchev–Trinajstić information content (AvgIpc) is 3.24. The van der Waals surface area contributed by atoms with Crippen molar-refractivity contribution in [1.82, 2.24) is 10.5 Å². The number of nitrogens with zero attached hydrogens (tertiary/aromatic N) is 1. The lowest BCUT2D eigenvalue weighted by Crippen LogP contribution is -2.16. The Morgan fingerprint density at radius 3 is 2.86 bits per heavy atom. The molecule has 0 unspecified atom stereocenters. The zero-order valence-corrected chi connectivity index (χ0v) is 13.0. The average molecular weight is 307 g/mol. The van der Waals surface area contributed by atoms with Crippen LogP contribution in [0.25, 0.3) is 0 Å². The van der Waals surface area contributed by atoms with E-state index in [0.717, 1.165) is 34.9 Å². The number of benzene rings is 1. The molecule has 0 aliphatic heterocycles. The molecule has 1 aliphatic carbocycles. The molecule has 0 bridgehead atoms. The molecule has 1 aliphatic rings. The third-order valence-corrected chi connectivity index (χ3v) is 4.05. The van der Waals surface area contributed by atoms with Gasteiger partial charge in [-0.15, -0.1) is 0 Å². The van der Waals surface area contributed by atoms with Crippen LogP contribution in [0, 0.1) is 13.8 Å². The van der Waals surface area contributed by atoms with Crippen LogP contribution in [0.2, 0.25) is 5.02 Å². The number of para-hydroxylation sites is 1. The maximum Gasteiger partial charge on any atom is 0.142 e. The molecule has 0 spiro atoms. The molecular weight excluding hydrogens is 288 g/mol. The van der Waals surface area contributed by atoms with Gasteiger partial charge in [-0.05, 0) is 32.8 Å². The molecule has 3 rings (SSSR count). The minimum atomic E-state index is 0.418. The van der Waals surface area contributed by atoms with Gasteiger partial charge in [0.2, 0.25) is 0 Å². The van der Waals surface area contributed by atoms with Gasteiger partial charge in [-0.1, -0.05) is 28.9 Å². The van der Waals surface area contributed by atoms with Crippen LogP contribution >= 0.6 is 11.6 Å². The van der Waals surface area contributed by atoms with Gasteiger partial charge in [-0.3, -0.25) is 0 Å². The number of nitrogens with one attached hydrogen (secondary N) is 1. The second kappa shape index (κ2) is 6.08. The molecule has 0 saturated heterocycles. The molecular formula is C16H19ClN2O2. The van der Waals surface area contributed by atoms with E-state index in [1.165, 1.54) is 12.8 Å². The third-order valence-electron chi connectivity index (χ3n) is 3.75. The summed E-state index contributed by atoms with van der Waals surface area (Å²) in [6.07, 6.45) is 2.52. The van der Waals surface area contributed by atoms with E-state index in [-0.39, 0.29) is 0 Å². The molecule has 4 nitrogen and oxygen atoms in total. The summed E-state index contributed by atoms with van der Waals surface area (Å²) in [5, 5.41) is 8.06. The van der Waals surface area contributed by atoms with Gasteiger partial charge < -0.3 is 14.6 Å². The zero-order valence-electron chi connectivity index (χ0n) is 12.3. The first-order valence-corrected chi connectivity index (χ1v) is 7.58. The van der Waals surface area contributed by atoms with Gasteiger partial charge in [0.05, 0.1) is 16.3 Å². The Labute approximate surface area is 129 Å². The molecule has 0 radical (unpaired) electrons. The number of aryl methyl sites for hydroxylation is 2. The van der Waals surface area contributed by atoms with Crippen LogP contribution in [0.4, 0.5) is 0 Å². The minimum Gasteiger partial charge on any atom is -0.487 e. The lowest BCUT2D eigenvalue weighted by Gasteiger charge is -2.13. The first-order chi connectivity index (χ1) is 10.1. The predicted octanol–water partition coefficient (Wildman–Crippen LogP) is 3.78. The highest BCUT2D eigenvalue weighted by atomic mass is 35.5. The SMILES string of the molecule is Cc1noc(C)c1COc1c(Cl)cccc1CNC1CC1. The number of hydrogen-bond acceptors (Lipinski definition) is 4. The van der Waals surface area contributed by atoms with Crippen LogP contribution in [0.1, 0.15) is 35.4 Å². The molecule has 0 amide bonds. The van der Waals surface area contributed by atoms with Crippen molar-refractivity contribution in [3.05, 3.63) is 45.8 Å². The molecule has 1 aromatic heterocycles. The largest absolute Gasteiger partial charge is 0.487 e. The molecule has 1 saturated carbocycles. The minimum absolute atomic E-state index is 0.418. The summed E-state index contributed by atoms with van der Waals surface area (Å²) in [6.45, 7) is 5.00. The molecule has 21 heavy (non-hydrogen) atoms. The van der Waals surface area contributed by atoms with Crippen molar-refractivity contribution < 1.29 is 9.26 Å². The van der Waals surface area contributed by atoms with Crippen molar-refractivity contribution in [3.63, 3.8) is 0 Å². The summed E-state index contributed by atoms with van der Waals surface area (Å²) in [5.41, 5.74) is 2.93. The van der Waals surface area contributed by atoms with E-state index in [4.69, 9.17) is 20.9 Å². The molecule has 1 aromatic carbocycles. The summed E-state index contributed by atoms with van der Waals surface area (Å²) in [5.74, 6) is 1.53. The number of halogens is 1.